The van der Waals surface area contributed by atoms with Crippen LogP contribution in [0.1, 0.15) is 17.4 Å². The van der Waals surface area contributed by atoms with Crippen molar-refractivity contribution in [3.63, 3.8) is 0 Å². The van der Waals surface area contributed by atoms with Crippen molar-refractivity contribution in [1.29, 1.82) is 0 Å². The minimum atomic E-state index is -0.432. The molecule has 8 nitrogen and oxygen atoms in total. The molecule has 1 N–H and O–H groups in total. The number of aromatic nitrogens is 2. The van der Waals surface area contributed by atoms with E-state index in [4.69, 9.17) is 9.47 Å². The zero-order chi connectivity index (χ0) is 20.1. The summed E-state index contributed by atoms with van der Waals surface area (Å²) in [5.74, 6) is 0.783. The maximum absolute atomic E-state index is 12.5. The van der Waals surface area contributed by atoms with Crippen LogP contribution >= 0.6 is 11.3 Å². The van der Waals surface area contributed by atoms with Gasteiger partial charge in [0, 0.05) is 16.5 Å². The van der Waals surface area contributed by atoms with Crippen LogP contribution in [0.5, 0.6) is 11.5 Å². The Labute approximate surface area is 165 Å². The number of ether oxygens (including phenoxy) is 2. The third-order valence-corrected chi connectivity index (χ3v) is 5.25. The molecule has 1 amide bonds. The number of hydrogen-bond donors (Lipinski definition) is 1. The van der Waals surface area contributed by atoms with Gasteiger partial charge in [-0.1, -0.05) is 6.92 Å². The monoisotopic (exact) mass is 400 g/mol. The number of hydrogen-bond acceptors (Lipinski definition) is 7. The van der Waals surface area contributed by atoms with Crippen molar-refractivity contribution >= 4 is 33.7 Å². The fraction of sp³-hybridized carbons (Fsp3) is 0.263. The molecule has 0 fully saturated rings. The molecule has 0 saturated carbocycles. The van der Waals surface area contributed by atoms with Gasteiger partial charge in [0.2, 0.25) is 0 Å². The van der Waals surface area contributed by atoms with Gasteiger partial charge in [-0.15, -0.1) is 11.3 Å². The van der Waals surface area contributed by atoms with E-state index in [2.05, 4.69) is 15.5 Å². The van der Waals surface area contributed by atoms with E-state index in [0.717, 1.165) is 11.3 Å². The Morgan fingerprint density at radius 2 is 2.14 bits per heavy atom. The van der Waals surface area contributed by atoms with Crippen molar-refractivity contribution in [2.45, 2.75) is 19.9 Å². The average molecular weight is 400 g/mol. The summed E-state index contributed by atoms with van der Waals surface area (Å²) in [6, 6.07) is 7.07. The first-order valence-electron chi connectivity index (χ1n) is 8.57. The highest BCUT2D eigenvalue weighted by molar-refractivity contribution is 7.18. The van der Waals surface area contributed by atoms with Crippen LogP contribution in [0.25, 0.3) is 10.2 Å². The second kappa shape index (κ2) is 8.66. The molecule has 0 unspecified atom stereocenters. The highest BCUT2D eigenvalue weighted by atomic mass is 32.1. The standard InChI is InChI=1S/C19H20N4O4S/c1-4-14-8-15-18(28-14)20-11-23(19(15)25)10-17(24)22-21-9-12-5-6-13(26-2)7-16(12)27-3/h5-9,11H,4,10H2,1-3H3,(H,22,24). The lowest BCUT2D eigenvalue weighted by atomic mass is 10.2. The summed E-state index contributed by atoms with van der Waals surface area (Å²) in [5.41, 5.74) is 2.85. The largest absolute Gasteiger partial charge is 0.497 e. The molecule has 2 heterocycles. The third-order valence-electron chi connectivity index (χ3n) is 4.07. The number of fused-ring (bicyclic) bond motifs is 1. The molecule has 0 saturated heterocycles. The molecular weight excluding hydrogens is 380 g/mol. The van der Waals surface area contributed by atoms with Crippen molar-refractivity contribution in [3.05, 3.63) is 51.4 Å². The van der Waals surface area contributed by atoms with Crippen LogP contribution in [0, 0.1) is 0 Å². The van der Waals surface area contributed by atoms with Gasteiger partial charge in [-0.05, 0) is 24.6 Å². The van der Waals surface area contributed by atoms with Crippen molar-refractivity contribution in [2.24, 2.45) is 5.10 Å². The van der Waals surface area contributed by atoms with Gasteiger partial charge in [-0.25, -0.2) is 10.4 Å². The molecule has 0 atom stereocenters. The van der Waals surface area contributed by atoms with E-state index < -0.39 is 5.91 Å². The lowest BCUT2D eigenvalue weighted by Crippen LogP contribution is -2.29. The highest BCUT2D eigenvalue weighted by Crippen LogP contribution is 2.23. The minimum absolute atomic E-state index is 0.170. The molecule has 0 spiro atoms. The van der Waals surface area contributed by atoms with Crippen LogP contribution < -0.4 is 20.5 Å². The number of aryl methyl sites for hydroxylation is 1. The lowest BCUT2D eigenvalue weighted by Gasteiger charge is -2.07. The molecular formula is C19H20N4O4S. The van der Waals surface area contributed by atoms with E-state index in [0.29, 0.717) is 27.3 Å². The second-order valence-corrected chi connectivity index (χ2v) is 6.98. The molecule has 0 aliphatic rings. The first-order valence-corrected chi connectivity index (χ1v) is 9.39. The van der Waals surface area contributed by atoms with Gasteiger partial charge < -0.3 is 9.47 Å². The second-order valence-electron chi connectivity index (χ2n) is 5.86. The Morgan fingerprint density at radius 1 is 1.32 bits per heavy atom. The summed E-state index contributed by atoms with van der Waals surface area (Å²) in [7, 11) is 3.10. The number of nitrogens with one attached hydrogen (secondary N) is 1. The number of hydrazone groups is 1. The third kappa shape index (κ3) is 4.20. The normalized spacial score (nSPS) is 11.1. The highest BCUT2D eigenvalue weighted by Gasteiger charge is 2.10. The topological polar surface area (TPSA) is 94.8 Å². The van der Waals surface area contributed by atoms with Crippen LogP contribution in [0.4, 0.5) is 0 Å². The van der Waals surface area contributed by atoms with Gasteiger partial charge in [0.05, 0.1) is 32.1 Å². The quantitative estimate of drug-likeness (QED) is 0.485. The van der Waals surface area contributed by atoms with Crippen LogP contribution in [0.15, 0.2) is 40.5 Å². The summed E-state index contributed by atoms with van der Waals surface area (Å²) in [5, 5.41) is 4.46. The molecule has 28 heavy (non-hydrogen) atoms. The molecule has 0 radical (unpaired) electrons. The van der Waals surface area contributed by atoms with E-state index in [1.807, 2.05) is 13.0 Å². The molecule has 2 aromatic heterocycles. The van der Waals surface area contributed by atoms with Gasteiger partial charge in [0.25, 0.3) is 11.5 Å². The molecule has 3 rings (SSSR count). The smallest absolute Gasteiger partial charge is 0.262 e. The van der Waals surface area contributed by atoms with Crippen molar-refractivity contribution < 1.29 is 14.3 Å². The molecule has 0 aliphatic carbocycles. The van der Waals surface area contributed by atoms with Crippen LogP contribution in [0.2, 0.25) is 0 Å². The number of rotatable bonds is 7. The Kier molecular flexibility index (Phi) is 6.05. The van der Waals surface area contributed by atoms with E-state index in [9.17, 15) is 9.59 Å². The molecule has 0 aliphatic heterocycles. The zero-order valence-corrected chi connectivity index (χ0v) is 16.6. The van der Waals surface area contributed by atoms with E-state index >= 15 is 0 Å². The maximum Gasteiger partial charge on any atom is 0.262 e. The fourth-order valence-electron chi connectivity index (χ4n) is 2.59. The Balaban J connectivity index is 1.69. The first-order chi connectivity index (χ1) is 13.5. The lowest BCUT2D eigenvalue weighted by molar-refractivity contribution is -0.121. The maximum atomic E-state index is 12.5. The number of carbonyl (C=O) groups excluding carboxylic acids is 1. The van der Waals surface area contributed by atoms with Crippen molar-refractivity contribution in [1.82, 2.24) is 15.0 Å². The average Bonchev–Trinajstić information content (AvgIpc) is 3.14. The minimum Gasteiger partial charge on any atom is -0.497 e. The number of benzene rings is 1. The van der Waals surface area contributed by atoms with Gasteiger partial charge in [0.1, 0.15) is 22.9 Å². The number of nitrogens with zero attached hydrogens (tertiary/aromatic N) is 3. The molecule has 3 aromatic rings. The summed E-state index contributed by atoms with van der Waals surface area (Å²) >= 11 is 1.49. The van der Waals surface area contributed by atoms with E-state index in [1.54, 1.807) is 25.3 Å². The summed E-state index contributed by atoms with van der Waals surface area (Å²) < 4.78 is 11.7. The van der Waals surface area contributed by atoms with Gasteiger partial charge in [-0.3, -0.25) is 14.2 Å². The fourth-order valence-corrected chi connectivity index (χ4v) is 3.51. The van der Waals surface area contributed by atoms with Gasteiger partial charge in [0.15, 0.2) is 0 Å². The number of carbonyl (C=O) groups is 1. The van der Waals surface area contributed by atoms with Gasteiger partial charge >= 0.3 is 0 Å². The molecule has 0 bridgehead atoms. The Hall–Kier alpha value is -3.20. The Morgan fingerprint density at radius 3 is 2.86 bits per heavy atom. The van der Waals surface area contributed by atoms with Gasteiger partial charge in [-0.2, -0.15) is 5.10 Å². The molecule has 146 valence electrons. The number of methoxy groups -OCH3 is 2. The first kappa shape index (κ1) is 19.6. The zero-order valence-electron chi connectivity index (χ0n) is 15.8. The van der Waals surface area contributed by atoms with Crippen LogP contribution in [0.3, 0.4) is 0 Å². The van der Waals surface area contributed by atoms with Crippen molar-refractivity contribution in [3.8, 4) is 11.5 Å². The predicted octanol–water partition coefficient (Wildman–Crippen LogP) is 2.19. The van der Waals surface area contributed by atoms with Crippen LogP contribution in [-0.4, -0.2) is 35.9 Å². The Bertz CT molecular complexity index is 1090. The SMILES string of the molecule is CCc1cc2c(=O)n(CC(=O)NN=Cc3ccc(OC)cc3OC)cnc2s1. The van der Waals surface area contributed by atoms with E-state index in [1.165, 1.54) is 35.6 Å². The van der Waals surface area contributed by atoms with Crippen molar-refractivity contribution in [2.75, 3.05) is 14.2 Å². The molecule has 9 heteroatoms. The van der Waals surface area contributed by atoms with Crippen LogP contribution in [-0.2, 0) is 17.8 Å². The molecule has 1 aromatic carbocycles. The summed E-state index contributed by atoms with van der Waals surface area (Å²) in [6.07, 6.45) is 3.69. The van der Waals surface area contributed by atoms with E-state index in [-0.39, 0.29) is 12.1 Å². The number of thiophene rings is 1. The predicted molar refractivity (Wildman–Crippen MR) is 109 cm³/mol. The summed E-state index contributed by atoms with van der Waals surface area (Å²) in [4.78, 5) is 30.7. The number of amides is 1. The summed E-state index contributed by atoms with van der Waals surface area (Å²) in [6.45, 7) is 1.85.